The van der Waals surface area contributed by atoms with Crippen LogP contribution in [-0.4, -0.2) is 41.4 Å². The Labute approximate surface area is 118 Å². The lowest BCUT2D eigenvalue weighted by Crippen LogP contribution is -2.49. The molecule has 0 aromatic rings. The third kappa shape index (κ3) is 4.80. The number of rotatable bonds is 6. The number of amidine groups is 1. The number of aliphatic carboxylic acids is 1. The lowest BCUT2D eigenvalue weighted by Gasteiger charge is -2.20. The van der Waals surface area contributed by atoms with E-state index in [1.54, 1.807) is 6.92 Å². The molecule has 6 N–H and O–H groups in total. The number of carboxylic acid groups (broad SMARTS) is 1. The largest absolute Gasteiger partial charge is 0.480 e. The number of aliphatic imine (C=N–C) groups is 1. The minimum atomic E-state index is -1.07. The molecule has 0 aliphatic heterocycles. The fraction of sp³-hybridized carbons (Fsp3) is 0.769. The van der Waals surface area contributed by atoms with Crippen LogP contribution in [0, 0.1) is 11.8 Å². The van der Waals surface area contributed by atoms with Crippen LogP contribution in [0.2, 0.25) is 0 Å². The average Bonchev–Trinajstić information content (AvgIpc) is 2.83. The summed E-state index contributed by atoms with van der Waals surface area (Å²) < 4.78 is 0. The highest BCUT2D eigenvalue weighted by Crippen LogP contribution is 2.32. The van der Waals surface area contributed by atoms with Crippen molar-refractivity contribution in [2.24, 2.45) is 28.3 Å². The summed E-state index contributed by atoms with van der Waals surface area (Å²) in [6, 6.07) is -1.58. The van der Waals surface area contributed by atoms with Gasteiger partial charge in [0.15, 0.2) is 0 Å². The van der Waals surface area contributed by atoms with Crippen LogP contribution < -0.4 is 16.8 Å². The standard InChI is InChI=1S/C13H24N4O3/c1-7(13(19)20)17-12(18)11(15)10-4-3-9(5-10)6-16-8(2)14/h7,9-11H,3-6,15H2,1-2H3,(H2,14,16)(H,17,18)(H,19,20)/t7-,9?,10?,11-/m0/s1. The lowest BCUT2D eigenvalue weighted by molar-refractivity contribution is -0.141. The summed E-state index contributed by atoms with van der Waals surface area (Å²) in [4.78, 5) is 26.8. The minimum Gasteiger partial charge on any atom is -0.480 e. The van der Waals surface area contributed by atoms with Gasteiger partial charge in [-0.25, -0.2) is 0 Å². The highest BCUT2D eigenvalue weighted by atomic mass is 16.4. The van der Waals surface area contributed by atoms with Crippen molar-refractivity contribution in [3.63, 3.8) is 0 Å². The monoisotopic (exact) mass is 284 g/mol. The zero-order valence-electron chi connectivity index (χ0n) is 12.0. The first-order chi connectivity index (χ1) is 9.31. The van der Waals surface area contributed by atoms with Crippen LogP contribution in [-0.2, 0) is 9.59 Å². The van der Waals surface area contributed by atoms with Gasteiger partial charge in [-0.05, 0) is 44.9 Å². The Morgan fingerprint density at radius 1 is 1.45 bits per heavy atom. The predicted molar refractivity (Wildman–Crippen MR) is 76.2 cm³/mol. The third-order valence-corrected chi connectivity index (χ3v) is 3.72. The first-order valence-corrected chi connectivity index (χ1v) is 6.86. The van der Waals surface area contributed by atoms with Crippen molar-refractivity contribution in [3.05, 3.63) is 0 Å². The number of carboxylic acids is 1. The van der Waals surface area contributed by atoms with E-state index in [0.29, 0.717) is 18.3 Å². The zero-order valence-corrected chi connectivity index (χ0v) is 12.0. The molecule has 0 saturated heterocycles. The molecule has 4 atom stereocenters. The summed E-state index contributed by atoms with van der Waals surface area (Å²) in [6.45, 7) is 3.83. The summed E-state index contributed by atoms with van der Waals surface area (Å²) >= 11 is 0. The van der Waals surface area contributed by atoms with Crippen molar-refractivity contribution in [3.8, 4) is 0 Å². The topological polar surface area (TPSA) is 131 Å². The molecule has 0 spiro atoms. The van der Waals surface area contributed by atoms with Crippen molar-refractivity contribution < 1.29 is 14.7 Å². The summed E-state index contributed by atoms with van der Waals surface area (Å²) in [5.74, 6) is -0.430. The van der Waals surface area contributed by atoms with Crippen LogP contribution in [0.4, 0.5) is 0 Å². The SMILES string of the molecule is CC(N)=NCC1CCC([C@H](N)C(=O)N[C@@H](C)C(=O)O)C1. The average molecular weight is 284 g/mol. The minimum absolute atomic E-state index is 0.0780. The van der Waals surface area contributed by atoms with Gasteiger partial charge in [0.2, 0.25) is 5.91 Å². The maximum atomic E-state index is 11.9. The Balaban J connectivity index is 2.45. The van der Waals surface area contributed by atoms with E-state index in [-0.39, 0.29) is 5.92 Å². The number of nitrogens with zero attached hydrogens (tertiary/aromatic N) is 1. The summed E-state index contributed by atoms with van der Waals surface area (Å²) in [6.07, 6.45) is 2.66. The van der Waals surface area contributed by atoms with Gasteiger partial charge in [0.05, 0.1) is 11.9 Å². The van der Waals surface area contributed by atoms with Gasteiger partial charge in [-0.15, -0.1) is 0 Å². The van der Waals surface area contributed by atoms with Crippen LogP contribution >= 0.6 is 0 Å². The Bertz CT molecular complexity index is 393. The maximum absolute atomic E-state index is 11.9. The van der Waals surface area contributed by atoms with Gasteiger partial charge in [0.1, 0.15) is 6.04 Å². The zero-order chi connectivity index (χ0) is 15.3. The molecule has 1 saturated carbocycles. The van der Waals surface area contributed by atoms with Gasteiger partial charge < -0.3 is 21.9 Å². The summed E-state index contributed by atoms with van der Waals surface area (Å²) in [5.41, 5.74) is 11.4. The molecule has 0 heterocycles. The normalized spacial score (nSPS) is 26.1. The van der Waals surface area contributed by atoms with Gasteiger partial charge >= 0.3 is 5.97 Å². The lowest BCUT2D eigenvalue weighted by atomic mass is 9.96. The molecule has 0 radical (unpaired) electrons. The van der Waals surface area contributed by atoms with Crippen LogP contribution in [0.15, 0.2) is 4.99 Å². The predicted octanol–water partition coefficient (Wildman–Crippen LogP) is -0.304. The van der Waals surface area contributed by atoms with Crippen LogP contribution in [0.25, 0.3) is 0 Å². The van der Waals surface area contributed by atoms with E-state index in [4.69, 9.17) is 16.6 Å². The molecular weight excluding hydrogens is 260 g/mol. The number of nitrogens with one attached hydrogen (secondary N) is 1. The molecular formula is C13H24N4O3. The number of carbonyl (C=O) groups is 2. The molecule has 0 bridgehead atoms. The second-order valence-electron chi connectivity index (χ2n) is 5.52. The molecule has 114 valence electrons. The van der Waals surface area contributed by atoms with Gasteiger partial charge in [-0.1, -0.05) is 0 Å². The summed E-state index contributed by atoms with van der Waals surface area (Å²) in [5, 5.41) is 11.2. The van der Waals surface area contributed by atoms with Crippen LogP contribution in [0.5, 0.6) is 0 Å². The molecule has 1 amide bonds. The van der Waals surface area contributed by atoms with E-state index < -0.39 is 24.0 Å². The molecule has 1 fully saturated rings. The fourth-order valence-corrected chi connectivity index (χ4v) is 2.46. The van der Waals surface area contributed by atoms with E-state index in [2.05, 4.69) is 10.3 Å². The first kappa shape index (κ1) is 16.4. The van der Waals surface area contributed by atoms with Gasteiger partial charge in [-0.2, -0.15) is 0 Å². The summed E-state index contributed by atoms with van der Waals surface area (Å²) in [7, 11) is 0. The second-order valence-corrected chi connectivity index (χ2v) is 5.52. The highest BCUT2D eigenvalue weighted by Gasteiger charge is 2.33. The molecule has 1 rings (SSSR count). The highest BCUT2D eigenvalue weighted by molar-refractivity contribution is 5.86. The smallest absolute Gasteiger partial charge is 0.325 e. The van der Waals surface area contributed by atoms with Crippen molar-refractivity contribution in [2.45, 2.75) is 45.2 Å². The van der Waals surface area contributed by atoms with Gasteiger partial charge in [-0.3, -0.25) is 14.6 Å². The van der Waals surface area contributed by atoms with E-state index in [0.717, 1.165) is 19.3 Å². The van der Waals surface area contributed by atoms with E-state index >= 15 is 0 Å². The fourth-order valence-electron chi connectivity index (χ4n) is 2.46. The number of amides is 1. The molecule has 0 aromatic heterocycles. The van der Waals surface area contributed by atoms with Gasteiger partial charge in [0, 0.05) is 6.54 Å². The molecule has 0 aromatic carbocycles. The molecule has 2 unspecified atom stereocenters. The van der Waals surface area contributed by atoms with E-state index in [1.165, 1.54) is 6.92 Å². The number of hydrogen-bond acceptors (Lipinski definition) is 4. The van der Waals surface area contributed by atoms with Crippen LogP contribution in [0.1, 0.15) is 33.1 Å². The first-order valence-electron chi connectivity index (χ1n) is 6.86. The Morgan fingerprint density at radius 2 is 2.10 bits per heavy atom. The third-order valence-electron chi connectivity index (χ3n) is 3.72. The molecule has 20 heavy (non-hydrogen) atoms. The molecule has 7 heteroatoms. The van der Waals surface area contributed by atoms with Gasteiger partial charge in [0.25, 0.3) is 0 Å². The number of nitrogens with two attached hydrogens (primary N) is 2. The number of hydrogen-bond donors (Lipinski definition) is 4. The van der Waals surface area contributed by atoms with Crippen LogP contribution in [0.3, 0.4) is 0 Å². The molecule has 1 aliphatic rings. The van der Waals surface area contributed by atoms with Crippen molar-refractivity contribution in [1.29, 1.82) is 0 Å². The van der Waals surface area contributed by atoms with Crippen molar-refractivity contribution >= 4 is 17.7 Å². The Morgan fingerprint density at radius 3 is 2.65 bits per heavy atom. The van der Waals surface area contributed by atoms with Crippen molar-refractivity contribution in [1.82, 2.24) is 5.32 Å². The second kappa shape index (κ2) is 7.23. The number of carbonyl (C=O) groups excluding carboxylic acids is 1. The van der Waals surface area contributed by atoms with E-state index in [9.17, 15) is 9.59 Å². The quantitative estimate of drug-likeness (QED) is 0.393. The Kier molecular flexibility index (Phi) is 5.94. The van der Waals surface area contributed by atoms with E-state index in [1.807, 2.05) is 0 Å². The Hall–Kier alpha value is -1.63. The van der Waals surface area contributed by atoms with Crippen molar-refractivity contribution in [2.75, 3.05) is 6.54 Å². The molecule has 7 nitrogen and oxygen atoms in total. The maximum Gasteiger partial charge on any atom is 0.325 e. The molecule has 1 aliphatic carbocycles.